The number of carbonyl (C=O) groups excluding carboxylic acids is 1. The Labute approximate surface area is 141 Å². The van der Waals surface area contributed by atoms with Gasteiger partial charge in [-0.2, -0.15) is 4.98 Å². The van der Waals surface area contributed by atoms with Crippen LogP contribution in [-0.2, 0) is 4.79 Å². The van der Waals surface area contributed by atoms with Crippen molar-refractivity contribution in [3.05, 3.63) is 36.2 Å². The number of carbonyl (C=O) groups is 1. The van der Waals surface area contributed by atoms with E-state index in [4.69, 9.17) is 4.52 Å². The van der Waals surface area contributed by atoms with Gasteiger partial charge in [-0.1, -0.05) is 55.3 Å². The van der Waals surface area contributed by atoms with Crippen molar-refractivity contribution in [2.45, 2.75) is 50.5 Å². The summed E-state index contributed by atoms with van der Waals surface area (Å²) < 4.78 is 5.30. The topological polar surface area (TPSA) is 88.2 Å². The van der Waals surface area contributed by atoms with Gasteiger partial charge in [0.25, 0.3) is 0 Å². The number of aliphatic hydroxyl groups is 1. The van der Waals surface area contributed by atoms with Gasteiger partial charge in [0.1, 0.15) is 0 Å². The van der Waals surface area contributed by atoms with Gasteiger partial charge in [0.2, 0.25) is 17.6 Å². The van der Waals surface area contributed by atoms with Gasteiger partial charge >= 0.3 is 0 Å². The van der Waals surface area contributed by atoms with Crippen LogP contribution in [0.25, 0.3) is 11.4 Å². The maximum absolute atomic E-state index is 12.0. The van der Waals surface area contributed by atoms with Crippen molar-refractivity contribution in [2.24, 2.45) is 0 Å². The zero-order valence-corrected chi connectivity index (χ0v) is 13.9. The van der Waals surface area contributed by atoms with Gasteiger partial charge in [0, 0.05) is 12.1 Å². The lowest BCUT2D eigenvalue weighted by Gasteiger charge is -2.21. The summed E-state index contributed by atoms with van der Waals surface area (Å²) in [4.78, 5) is 16.4. The first-order valence-corrected chi connectivity index (χ1v) is 8.44. The summed E-state index contributed by atoms with van der Waals surface area (Å²) in [6.07, 6.45) is 3.56. The molecule has 0 saturated heterocycles. The van der Waals surface area contributed by atoms with E-state index in [2.05, 4.69) is 15.5 Å². The molecule has 1 atom stereocenters. The number of nitrogens with one attached hydrogen (secondary N) is 1. The van der Waals surface area contributed by atoms with Crippen LogP contribution in [0.5, 0.6) is 0 Å². The standard InChI is InChI=1S/C18H23N3O3/c1-13(12-19-15(22)11-18(23)9-5-6-10-18)17-20-16(21-24-17)14-7-3-2-4-8-14/h2-4,7-8,13,23H,5-6,9-12H2,1H3,(H,19,22). The number of hydrogen-bond donors (Lipinski definition) is 2. The predicted octanol–water partition coefficient (Wildman–Crippen LogP) is 2.65. The lowest BCUT2D eigenvalue weighted by Crippen LogP contribution is -2.36. The van der Waals surface area contributed by atoms with Crippen LogP contribution < -0.4 is 5.32 Å². The highest BCUT2D eigenvalue weighted by molar-refractivity contribution is 5.77. The highest BCUT2D eigenvalue weighted by atomic mass is 16.5. The Kier molecular flexibility index (Phi) is 4.94. The largest absolute Gasteiger partial charge is 0.389 e. The maximum atomic E-state index is 12.0. The summed E-state index contributed by atoms with van der Waals surface area (Å²) in [6.45, 7) is 2.33. The van der Waals surface area contributed by atoms with Crippen molar-refractivity contribution >= 4 is 5.91 Å². The first-order valence-electron chi connectivity index (χ1n) is 8.44. The molecule has 1 aromatic carbocycles. The molecule has 2 aromatic rings. The molecular formula is C18H23N3O3. The number of rotatable bonds is 6. The maximum Gasteiger partial charge on any atom is 0.231 e. The van der Waals surface area contributed by atoms with Gasteiger partial charge in [-0.05, 0) is 12.8 Å². The Balaban J connectivity index is 1.53. The van der Waals surface area contributed by atoms with E-state index < -0.39 is 5.60 Å². The Morgan fingerprint density at radius 1 is 1.33 bits per heavy atom. The smallest absolute Gasteiger partial charge is 0.231 e. The van der Waals surface area contributed by atoms with Crippen LogP contribution in [0.4, 0.5) is 0 Å². The van der Waals surface area contributed by atoms with Gasteiger partial charge in [-0.15, -0.1) is 0 Å². The number of benzene rings is 1. The van der Waals surface area contributed by atoms with Gasteiger partial charge < -0.3 is 14.9 Å². The molecule has 128 valence electrons. The van der Waals surface area contributed by atoms with E-state index in [1.165, 1.54) is 0 Å². The van der Waals surface area contributed by atoms with Gasteiger partial charge in [-0.3, -0.25) is 4.79 Å². The molecule has 24 heavy (non-hydrogen) atoms. The molecule has 1 aromatic heterocycles. The van der Waals surface area contributed by atoms with Crippen LogP contribution in [0.1, 0.15) is 50.8 Å². The molecule has 2 N–H and O–H groups in total. The Morgan fingerprint density at radius 2 is 2.04 bits per heavy atom. The zero-order chi connectivity index (χ0) is 17.0. The van der Waals surface area contributed by atoms with E-state index in [1.807, 2.05) is 37.3 Å². The van der Waals surface area contributed by atoms with E-state index >= 15 is 0 Å². The minimum absolute atomic E-state index is 0.0860. The summed E-state index contributed by atoms with van der Waals surface area (Å²) in [5.41, 5.74) is 0.0744. The summed E-state index contributed by atoms with van der Waals surface area (Å²) in [5, 5.41) is 17.1. The van der Waals surface area contributed by atoms with Crippen LogP contribution >= 0.6 is 0 Å². The number of nitrogens with zero attached hydrogens (tertiary/aromatic N) is 2. The van der Waals surface area contributed by atoms with Crippen LogP contribution in [0.15, 0.2) is 34.9 Å². The minimum atomic E-state index is -0.821. The lowest BCUT2D eigenvalue weighted by molar-refractivity contribution is -0.125. The van der Waals surface area contributed by atoms with E-state index in [9.17, 15) is 9.90 Å². The van der Waals surface area contributed by atoms with E-state index in [1.54, 1.807) is 0 Å². The Hall–Kier alpha value is -2.21. The second-order valence-corrected chi connectivity index (χ2v) is 6.64. The molecule has 0 spiro atoms. The Bertz CT molecular complexity index is 678. The fourth-order valence-electron chi connectivity index (χ4n) is 3.07. The lowest BCUT2D eigenvalue weighted by atomic mass is 9.97. The molecule has 1 heterocycles. The Morgan fingerprint density at radius 3 is 2.75 bits per heavy atom. The van der Waals surface area contributed by atoms with Crippen molar-refractivity contribution in [2.75, 3.05) is 6.54 Å². The molecule has 1 aliphatic rings. The number of hydrogen-bond acceptors (Lipinski definition) is 5. The first-order chi connectivity index (χ1) is 11.6. The summed E-state index contributed by atoms with van der Waals surface area (Å²) in [6, 6.07) is 9.61. The van der Waals surface area contributed by atoms with Gasteiger partial charge in [0.15, 0.2) is 0 Å². The molecule has 0 aliphatic heterocycles. The predicted molar refractivity (Wildman–Crippen MR) is 89.2 cm³/mol. The molecule has 1 aliphatic carbocycles. The summed E-state index contributed by atoms with van der Waals surface area (Å²) >= 11 is 0. The molecule has 0 bridgehead atoms. The third-order valence-corrected chi connectivity index (χ3v) is 4.52. The van der Waals surface area contributed by atoms with Crippen molar-refractivity contribution in [3.63, 3.8) is 0 Å². The fourth-order valence-corrected chi connectivity index (χ4v) is 3.07. The van der Waals surface area contributed by atoms with Crippen molar-refractivity contribution < 1.29 is 14.4 Å². The molecule has 1 unspecified atom stereocenters. The second-order valence-electron chi connectivity index (χ2n) is 6.64. The van der Waals surface area contributed by atoms with E-state index in [0.717, 1.165) is 18.4 Å². The summed E-state index contributed by atoms with van der Waals surface area (Å²) in [5.74, 6) is 0.823. The molecule has 3 rings (SSSR count). The van der Waals surface area contributed by atoms with E-state index in [-0.39, 0.29) is 18.2 Å². The van der Waals surface area contributed by atoms with Gasteiger partial charge in [-0.25, -0.2) is 0 Å². The van der Waals surface area contributed by atoms with Crippen LogP contribution in [0.2, 0.25) is 0 Å². The molecule has 1 saturated carbocycles. The quantitative estimate of drug-likeness (QED) is 0.850. The van der Waals surface area contributed by atoms with Crippen LogP contribution in [0, 0.1) is 0 Å². The molecule has 1 fully saturated rings. The minimum Gasteiger partial charge on any atom is -0.389 e. The number of amides is 1. The molecule has 1 amide bonds. The van der Waals surface area contributed by atoms with Crippen LogP contribution in [0.3, 0.4) is 0 Å². The van der Waals surface area contributed by atoms with E-state index in [0.29, 0.717) is 31.1 Å². The van der Waals surface area contributed by atoms with Crippen molar-refractivity contribution in [1.29, 1.82) is 0 Å². The fraction of sp³-hybridized carbons (Fsp3) is 0.500. The first kappa shape index (κ1) is 16.6. The normalized spacial score (nSPS) is 17.6. The average Bonchev–Trinajstić information content (AvgIpc) is 3.23. The second kappa shape index (κ2) is 7.13. The SMILES string of the molecule is CC(CNC(=O)CC1(O)CCCC1)c1nc(-c2ccccc2)no1. The average molecular weight is 329 g/mol. The van der Waals surface area contributed by atoms with Crippen molar-refractivity contribution in [3.8, 4) is 11.4 Å². The van der Waals surface area contributed by atoms with Crippen LogP contribution in [-0.4, -0.2) is 33.3 Å². The molecule has 6 nitrogen and oxygen atoms in total. The van der Waals surface area contributed by atoms with Gasteiger partial charge in [0.05, 0.1) is 17.9 Å². The molecule has 6 heteroatoms. The summed E-state index contributed by atoms with van der Waals surface area (Å²) in [7, 11) is 0. The highest BCUT2D eigenvalue weighted by Gasteiger charge is 2.33. The number of aromatic nitrogens is 2. The molecule has 0 radical (unpaired) electrons. The zero-order valence-electron chi connectivity index (χ0n) is 13.9. The highest BCUT2D eigenvalue weighted by Crippen LogP contribution is 2.32. The third-order valence-electron chi connectivity index (χ3n) is 4.52. The third kappa shape index (κ3) is 4.00. The van der Waals surface area contributed by atoms with Crippen molar-refractivity contribution in [1.82, 2.24) is 15.5 Å². The molecular weight excluding hydrogens is 306 g/mol. The monoisotopic (exact) mass is 329 g/mol.